The fraction of sp³-hybridized carbons (Fsp3) is 0.182. The molecule has 0 aliphatic carbocycles. The van der Waals surface area contributed by atoms with E-state index < -0.39 is 0 Å². The van der Waals surface area contributed by atoms with Crippen LogP contribution in [-0.2, 0) is 6.54 Å². The minimum absolute atomic E-state index is 0.340. The number of benzene rings is 1. The maximum Gasteiger partial charge on any atom is 0.147 e. The summed E-state index contributed by atoms with van der Waals surface area (Å²) in [7, 11) is 0. The van der Waals surface area contributed by atoms with Crippen molar-refractivity contribution in [1.82, 2.24) is 9.78 Å². The number of halogens is 2. The van der Waals surface area contributed by atoms with Gasteiger partial charge in [-0.25, -0.2) is 4.39 Å². The highest BCUT2D eigenvalue weighted by Gasteiger charge is 2.05. The van der Waals surface area contributed by atoms with Crippen LogP contribution in [0.25, 0.3) is 0 Å². The van der Waals surface area contributed by atoms with Gasteiger partial charge in [0.05, 0.1) is 17.3 Å². The largest absolute Gasteiger partial charge is 0.380 e. The van der Waals surface area contributed by atoms with Crippen molar-refractivity contribution >= 4 is 17.3 Å². The van der Waals surface area contributed by atoms with E-state index in [9.17, 15) is 4.39 Å². The van der Waals surface area contributed by atoms with E-state index in [0.717, 1.165) is 0 Å². The van der Waals surface area contributed by atoms with Crippen molar-refractivity contribution < 1.29 is 4.39 Å². The molecule has 3 nitrogen and oxygen atoms in total. The quantitative estimate of drug-likeness (QED) is 0.889. The Morgan fingerprint density at radius 2 is 2.25 bits per heavy atom. The normalized spacial score (nSPS) is 10.4. The third-order valence-corrected chi connectivity index (χ3v) is 2.48. The smallest absolute Gasteiger partial charge is 0.147 e. The summed E-state index contributed by atoms with van der Waals surface area (Å²) in [4.78, 5) is 0. The SMILES string of the molecule is Fc1cccc(Cl)c1NCCn1cccn1. The van der Waals surface area contributed by atoms with Gasteiger partial charge in [-0.2, -0.15) is 5.10 Å². The number of nitrogens with zero attached hydrogens (tertiary/aromatic N) is 2. The molecular formula is C11H11ClFN3. The number of hydrogen-bond acceptors (Lipinski definition) is 2. The molecule has 0 bridgehead atoms. The second kappa shape index (κ2) is 4.99. The van der Waals surface area contributed by atoms with E-state index in [-0.39, 0.29) is 5.82 Å². The minimum atomic E-state index is -0.340. The summed E-state index contributed by atoms with van der Waals surface area (Å²) in [5.41, 5.74) is 0.344. The van der Waals surface area contributed by atoms with Crippen molar-refractivity contribution in [2.24, 2.45) is 0 Å². The summed E-state index contributed by atoms with van der Waals surface area (Å²) in [6, 6.07) is 6.45. The average Bonchev–Trinajstić information content (AvgIpc) is 2.75. The molecule has 0 saturated carbocycles. The Bertz CT molecular complexity index is 436. The lowest BCUT2D eigenvalue weighted by Crippen LogP contribution is -2.11. The van der Waals surface area contributed by atoms with Crippen molar-refractivity contribution in [3.05, 3.63) is 47.5 Å². The van der Waals surface area contributed by atoms with Crippen molar-refractivity contribution in [3.8, 4) is 0 Å². The molecule has 2 rings (SSSR count). The van der Waals surface area contributed by atoms with Gasteiger partial charge in [-0.1, -0.05) is 17.7 Å². The zero-order valence-corrected chi connectivity index (χ0v) is 9.28. The van der Waals surface area contributed by atoms with Gasteiger partial charge < -0.3 is 5.32 Å². The van der Waals surface area contributed by atoms with E-state index in [1.54, 1.807) is 23.0 Å². The molecule has 0 spiro atoms. The van der Waals surface area contributed by atoms with E-state index in [1.807, 2.05) is 12.3 Å². The molecule has 2 aromatic rings. The Labute approximate surface area is 97.8 Å². The molecule has 0 fully saturated rings. The fourth-order valence-corrected chi connectivity index (χ4v) is 1.62. The molecule has 0 amide bonds. The van der Waals surface area contributed by atoms with Gasteiger partial charge in [0, 0.05) is 18.9 Å². The first kappa shape index (κ1) is 11.0. The van der Waals surface area contributed by atoms with E-state index in [1.165, 1.54) is 6.07 Å². The third-order valence-electron chi connectivity index (χ3n) is 2.16. The summed E-state index contributed by atoms with van der Waals surface area (Å²) in [5, 5.41) is 7.38. The predicted octanol–water partition coefficient (Wildman–Crippen LogP) is 2.79. The van der Waals surface area contributed by atoms with Gasteiger partial charge in [0.2, 0.25) is 0 Å². The molecule has 0 saturated heterocycles. The Balaban J connectivity index is 1.95. The molecule has 1 aromatic carbocycles. The molecule has 0 radical (unpaired) electrons. The van der Waals surface area contributed by atoms with Gasteiger partial charge in [-0.15, -0.1) is 0 Å². The molecule has 1 aromatic heterocycles. The van der Waals surface area contributed by atoms with Crippen molar-refractivity contribution in [2.75, 3.05) is 11.9 Å². The van der Waals surface area contributed by atoms with E-state index >= 15 is 0 Å². The lowest BCUT2D eigenvalue weighted by atomic mass is 10.3. The number of rotatable bonds is 4. The minimum Gasteiger partial charge on any atom is -0.380 e. The molecular weight excluding hydrogens is 229 g/mol. The van der Waals surface area contributed by atoms with E-state index in [0.29, 0.717) is 23.8 Å². The number of para-hydroxylation sites is 1. The molecule has 84 valence electrons. The van der Waals surface area contributed by atoms with Gasteiger partial charge in [0.25, 0.3) is 0 Å². The highest BCUT2D eigenvalue weighted by molar-refractivity contribution is 6.33. The Morgan fingerprint density at radius 1 is 1.38 bits per heavy atom. The van der Waals surface area contributed by atoms with Crippen molar-refractivity contribution in [2.45, 2.75) is 6.54 Å². The second-order valence-corrected chi connectivity index (χ2v) is 3.70. The topological polar surface area (TPSA) is 29.9 Å². The van der Waals surface area contributed by atoms with E-state index in [2.05, 4.69) is 10.4 Å². The van der Waals surface area contributed by atoms with Crippen LogP contribution in [0.5, 0.6) is 0 Å². The van der Waals surface area contributed by atoms with Gasteiger partial charge in [-0.3, -0.25) is 4.68 Å². The first-order valence-corrected chi connectivity index (χ1v) is 5.30. The highest BCUT2D eigenvalue weighted by Crippen LogP contribution is 2.24. The van der Waals surface area contributed by atoms with Crippen LogP contribution < -0.4 is 5.32 Å². The van der Waals surface area contributed by atoms with Gasteiger partial charge in [0.15, 0.2) is 0 Å². The Hall–Kier alpha value is -1.55. The first-order valence-electron chi connectivity index (χ1n) is 4.92. The lowest BCUT2D eigenvalue weighted by molar-refractivity contribution is 0.618. The molecule has 0 aliphatic rings. The fourth-order valence-electron chi connectivity index (χ4n) is 1.39. The van der Waals surface area contributed by atoms with Crippen LogP contribution in [0.1, 0.15) is 0 Å². The van der Waals surface area contributed by atoms with Crippen LogP contribution in [0.2, 0.25) is 5.02 Å². The summed E-state index contributed by atoms with van der Waals surface area (Å²) in [5.74, 6) is -0.340. The molecule has 0 atom stereocenters. The first-order chi connectivity index (χ1) is 7.77. The molecule has 5 heteroatoms. The number of aromatic nitrogens is 2. The maximum absolute atomic E-state index is 13.3. The highest BCUT2D eigenvalue weighted by atomic mass is 35.5. The van der Waals surface area contributed by atoms with Crippen molar-refractivity contribution in [1.29, 1.82) is 0 Å². The van der Waals surface area contributed by atoms with Crippen LogP contribution in [-0.4, -0.2) is 16.3 Å². The van der Waals surface area contributed by atoms with Crippen LogP contribution in [0, 0.1) is 5.82 Å². The van der Waals surface area contributed by atoms with Gasteiger partial charge in [0.1, 0.15) is 5.82 Å². The standard InChI is InChI=1S/C11H11ClFN3/c12-9-3-1-4-10(13)11(9)14-6-8-16-7-2-5-15-16/h1-5,7,14H,6,8H2. The number of nitrogens with one attached hydrogen (secondary N) is 1. The zero-order valence-electron chi connectivity index (χ0n) is 8.53. The third kappa shape index (κ3) is 2.52. The average molecular weight is 240 g/mol. The Kier molecular flexibility index (Phi) is 3.41. The summed E-state index contributed by atoms with van der Waals surface area (Å²) < 4.78 is 15.1. The monoisotopic (exact) mass is 239 g/mol. The lowest BCUT2D eigenvalue weighted by Gasteiger charge is -2.09. The van der Waals surface area contributed by atoms with E-state index in [4.69, 9.17) is 11.6 Å². The molecule has 1 heterocycles. The molecule has 16 heavy (non-hydrogen) atoms. The molecule has 0 aliphatic heterocycles. The summed E-state index contributed by atoms with van der Waals surface area (Å²) >= 11 is 5.87. The zero-order chi connectivity index (χ0) is 11.4. The van der Waals surface area contributed by atoms with Crippen LogP contribution in [0.4, 0.5) is 10.1 Å². The molecule has 0 unspecified atom stereocenters. The van der Waals surface area contributed by atoms with Crippen LogP contribution in [0.3, 0.4) is 0 Å². The predicted molar refractivity (Wildman–Crippen MR) is 62.1 cm³/mol. The second-order valence-electron chi connectivity index (χ2n) is 3.29. The molecule has 1 N–H and O–H groups in total. The number of anilines is 1. The van der Waals surface area contributed by atoms with Gasteiger partial charge >= 0.3 is 0 Å². The van der Waals surface area contributed by atoms with Crippen LogP contribution in [0.15, 0.2) is 36.7 Å². The Morgan fingerprint density at radius 3 is 2.94 bits per heavy atom. The number of hydrogen-bond donors (Lipinski definition) is 1. The summed E-state index contributed by atoms with van der Waals surface area (Å²) in [6.45, 7) is 1.24. The van der Waals surface area contributed by atoms with Crippen molar-refractivity contribution in [3.63, 3.8) is 0 Å². The van der Waals surface area contributed by atoms with Crippen LogP contribution >= 0.6 is 11.6 Å². The summed E-state index contributed by atoms with van der Waals surface area (Å²) in [6.07, 6.45) is 3.56. The van der Waals surface area contributed by atoms with Gasteiger partial charge in [-0.05, 0) is 18.2 Å². The maximum atomic E-state index is 13.3.